The van der Waals surface area contributed by atoms with E-state index >= 15 is 0 Å². The third-order valence-electron chi connectivity index (χ3n) is 13.2. The topological polar surface area (TPSA) is 198 Å². The van der Waals surface area contributed by atoms with Crippen LogP contribution < -0.4 is 53.3 Å². The Balaban J connectivity index is 0.635. The molecule has 2 amide bonds. The van der Waals surface area contributed by atoms with Gasteiger partial charge in [0.2, 0.25) is 34.1 Å². The highest BCUT2D eigenvalue weighted by Crippen LogP contribution is 2.34. The van der Waals surface area contributed by atoms with E-state index in [0.717, 1.165) is 141 Å². The standard InChI is InChI=1S/C60H68N8O5/c61-45-21-25-49-51-27-23-47(63)41-55(51)67(59(53(49)39-45)43-15-5-1-6-16-43)31-11-3-9-19-57(69)65-29-13-33-71-35-37-73-38-36-72-34-14-30-66-58(70)20-10-4-12-32-68-56-42-48(64)24-28-52(56)50-26-22-46(62)40-54(50)60(68)44-17-7-2-8-18-44/h1-2,5-8,15-18,21-23,25-27,39-42,63-64H,3-4,9-14,19-20,29-38,61-62H2,(H2,65,66,69,70)/p+2. The van der Waals surface area contributed by atoms with E-state index in [4.69, 9.17) is 37.1 Å². The summed E-state index contributed by atoms with van der Waals surface area (Å²) in [7, 11) is 0. The van der Waals surface area contributed by atoms with Gasteiger partial charge in [-0.3, -0.25) is 9.59 Å². The van der Waals surface area contributed by atoms with Gasteiger partial charge in [-0.05, 0) is 105 Å². The summed E-state index contributed by atoms with van der Waals surface area (Å²) in [6.07, 6.45) is 9.61. The first-order valence-electron chi connectivity index (χ1n) is 25.8. The molecule has 0 aliphatic heterocycles. The van der Waals surface area contributed by atoms with Gasteiger partial charge in [-0.15, -0.1) is 0 Å². The number of carbonyl (C=O) groups excluding carboxylic acids is 2. The van der Waals surface area contributed by atoms with Crippen molar-refractivity contribution in [3.8, 4) is 22.5 Å². The van der Waals surface area contributed by atoms with Gasteiger partial charge in [0.1, 0.15) is 18.3 Å². The number of benzene rings is 5. The van der Waals surface area contributed by atoms with Crippen LogP contribution in [0.25, 0.3) is 66.8 Å². The predicted molar refractivity (Wildman–Crippen MR) is 293 cm³/mol. The highest BCUT2D eigenvalue weighted by Gasteiger charge is 2.25. The molecule has 13 heteroatoms. The van der Waals surface area contributed by atoms with Crippen LogP contribution in [0.3, 0.4) is 0 Å². The zero-order chi connectivity index (χ0) is 50.8. The molecular weight excluding hydrogens is 913 g/mol. The molecule has 378 valence electrons. The third-order valence-corrected chi connectivity index (χ3v) is 13.2. The number of pyridine rings is 2. The fraction of sp³-hybridized carbons (Fsp3) is 0.333. The summed E-state index contributed by atoms with van der Waals surface area (Å²) < 4.78 is 21.7. The number of aryl methyl sites for hydroxylation is 1. The van der Waals surface area contributed by atoms with Gasteiger partial charge in [-0.1, -0.05) is 54.3 Å². The maximum Gasteiger partial charge on any atom is 0.224 e. The van der Waals surface area contributed by atoms with Crippen molar-refractivity contribution < 1.29 is 32.9 Å². The lowest BCUT2D eigenvalue weighted by molar-refractivity contribution is -0.698. The first kappa shape index (κ1) is 51.8. The second kappa shape index (κ2) is 26.3. The van der Waals surface area contributed by atoms with Crippen LogP contribution in [0.5, 0.6) is 0 Å². The van der Waals surface area contributed by atoms with Crippen molar-refractivity contribution in [3.63, 3.8) is 0 Å². The van der Waals surface area contributed by atoms with Gasteiger partial charge >= 0.3 is 0 Å². The van der Waals surface area contributed by atoms with Crippen LogP contribution in [-0.2, 0) is 36.9 Å². The first-order chi connectivity index (χ1) is 35.7. The highest BCUT2D eigenvalue weighted by atomic mass is 16.5. The van der Waals surface area contributed by atoms with Gasteiger partial charge < -0.3 is 47.8 Å². The van der Waals surface area contributed by atoms with E-state index in [1.54, 1.807) is 0 Å². The molecule has 0 atom stereocenters. The molecule has 0 spiro atoms. The summed E-state index contributed by atoms with van der Waals surface area (Å²) in [5.74, 6) is 0.115. The smallest absolute Gasteiger partial charge is 0.224 e. The Labute approximate surface area is 427 Å². The van der Waals surface area contributed by atoms with Crippen LogP contribution in [-0.4, -0.2) is 64.5 Å². The highest BCUT2D eigenvalue weighted by molar-refractivity contribution is 6.10. The lowest BCUT2D eigenvalue weighted by atomic mass is 9.98. The summed E-state index contributed by atoms with van der Waals surface area (Å²) in [5, 5.41) is 13.5. The number of fused-ring (bicyclic) bond motifs is 6. The zero-order valence-corrected chi connectivity index (χ0v) is 41.9. The Kier molecular flexibility index (Phi) is 18.7. The van der Waals surface area contributed by atoms with Crippen molar-refractivity contribution in [3.05, 3.63) is 137 Å². The van der Waals surface area contributed by atoms with Crippen LogP contribution in [0.1, 0.15) is 64.2 Å². The summed E-state index contributed by atoms with van der Waals surface area (Å²) in [4.78, 5) is 25.2. The number of carbonyl (C=O) groups is 2. The molecule has 8 rings (SSSR count). The quantitative estimate of drug-likeness (QED) is 0.00999. The Bertz CT molecular complexity index is 3240. The number of nitrogens with two attached hydrogens (primary N) is 4. The second-order valence-corrected chi connectivity index (χ2v) is 18.6. The minimum absolute atomic E-state index is 0.0537. The number of amides is 2. The van der Waals surface area contributed by atoms with Gasteiger partial charge in [0.25, 0.3) is 0 Å². The monoisotopic (exact) mass is 983 g/mol. The molecule has 7 aromatic rings. The summed E-state index contributed by atoms with van der Waals surface area (Å²) in [6, 6.07) is 39.0. The fourth-order valence-electron chi connectivity index (χ4n) is 9.64. The van der Waals surface area contributed by atoms with Gasteiger partial charge in [-0.25, -0.2) is 0 Å². The Morgan fingerprint density at radius 1 is 0.466 bits per heavy atom. The SMILES string of the molecule is NC1=C=C=c2c([n+](CCCCCC(=O)NCCCOCCOCCOCCCNC(=O)CCCCC[n+]3c(-c4ccccc4)c4cc(N)ccc4c4ccc(N)cc43)c(-c3ccccc3)c3cc(N)ccc23)=C1. The van der Waals surface area contributed by atoms with Crippen LogP contribution in [0.2, 0.25) is 0 Å². The Hall–Kier alpha value is -7.50. The maximum absolute atomic E-state index is 12.6. The fourth-order valence-corrected chi connectivity index (χ4v) is 9.64. The van der Waals surface area contributed by atoms with E-state index in [1.165, 1.54) is 0 Å². The van der Waals surface area contributed by atoms with Gasteiger partial charge in [0.05, 0.1) is 48.3 Å². The van der Waals surface area contributed by atoms with Crippen molar-refractivity contribution in [2.24, 2.45) is 5.73 Å². The molecule has 0 saturated heterocycles. The molecule has 0 radical (unpaired) electrons. The Morgan fingerprint density at radius 3 is 1.52 bits per heavy atom. The number of aromatic nitrogens is 2. The largest absolute Gasteiger partial charge is 0.399 e. The molecule has 5 aromatic carbocycles. The van der Waals surface area contributed by atoms with Gasteiger partial charge in [0.15, 0.2) is 0 Å². The normalized spacial score (nSPS) is 11.9. The third kappa shape index (κ3) is 13.9. The number of allylic oxidation sites excluding steroid dienone is 1. The minimum atomic E-state index is 0.0537. The number of nitrogens with one attached hydrogen (secondary N) is 2. The molecule has 1 aliphatic rings. The van der Waals surface area contributed by atoms with Crippen molar-refractivity contribution in [2.75, 3.05) is 69.9 Å². The average molecular weight is 983 g/mol. The number of anilines is 3. The molecule has 0 saturated carbocycles. The van der Waals surface area contributed by atoms with Crippen molar-refractivity contribution >= 4 is 73.1 Å². The lowest BCUT2D eigenvalue weighted by Crippen LogP contribution is -2.59. The van der Waals surface area contributed by atoms with E-state index in [9.17, 15) is 9.59 Å². The number of rotatable bonds is 28. The van der Waals surface area contributed by atoms with Crippen molar-refractivity contribution in [1.82, 2.24) is 10.6 Å². The van der Waals surface area contributed by atoms with Gasteiger partial charge in [-0.2, -0.15) is 9.13 Å². The molecule has 10 N–H and O–H groups in total. The molecule has 2 heterocycles. The van der Waals surface area contributed by atoms with Crippen molar-refractivity contribution in [1.29, 1.82) is 0 Å². The number of hydrogen-bond donors (Lipinski definition) is 6. The lowest BCUT2D eigenvalue weighted by Gasteiger charge is -2.13. The molecule has 2 aromatic heterocycles. The van der Waals surface area contributed by atoms with Crippen LogP contribution in [0.4, 0.5) is 17.1 Å². The predicted octanol–water partition coefficient (Wildman–Crippen LogP) is 6.86. The van der Waals surface area contributed by atoms with Crippen molar-refractivity contribution in [2.45, 2.75) is 77.3 Å². The number of nitrogen functional groups attached to an aromatic ring is 3. The second-order valence-electron chi connectivity index (χ2n) is 18.6. The summed E-state index contributed by atoms with van der Waals surface area (Å²) in [5.41, 5.74) is 39.7. The van der Waals surface area contributed by atoms with E-state index < -0.39 is 0 Å². The van der Waals surface area contributed by atoms with Crippen LogP contribution in [0, 0.1) is 0 Å². The molecule has 1 aliphatic carbocycles. The zero-order valence-electron chi connectivity index (χ0n) is 41.9. The number of ether oxygens (including phenoxy) is 3. The summed E-state index contributed by atoms with van der Waals surface area (Å²) >= 11 is 0. The van der Waals surface area contributed by atoms with E-state index in [0.29, 0.717) is 77.0 Å². The molecule has 13 nitrogen and oxygen atoms in total. The minimum Gasteiger partial charge on any atom is -0.399 e. The van der Waals surface area contributed by atoms with Crippen LogP contribution in [0.15, 0.2) is 127 Å². The van der Waals surface area contributed by atoms with Gasteiger partial charge in [0, 0.05) is 103 Å². The Morgan fingerprint density at radius 2 is 0.945 bits per heavy atom. The van der Waals surface area contributed by atoms with E-state index in [1.807, 2.05) is 60.7 Å². The first-order valence-corrected chi connectivity index (χ1v) is 25.8. The molecular formula is C60H70N8O5+2. The molecule has 0 bridgehead atoms. The average Bonchev–Trinajstić information content (AvgIpc) is 3.39. The number of hydrogen-bond acceptors (Lipinski definition) is 9. The van der Waals surface area contributed by atoms with Crippen LogP contribution >= 0.6 is 0 Å². The summed E-state index contributed by atoms with van der Waals surface area (Å²) in [6.45, 7) is 5.67. The van der Waals surface area contributed by atoms with E-state index in [-0.39, 0.29) is 11.8 Å². The van der Waals surface area contributed by atoms with E-state index in [2.05, 4.69) is 91.9 Å². The molecule has 73 heavy (non-hydrogen) atoms. The molecule has 0 fully saturated rings. The number of nitrogens with zero attached hydrogens (tertiary/aromatic N) is 2. The molecule has 0 unspecified atom stereocenters. The number of unbranched alkanes of at least 4 members (excludes halogenated alkanes) is 4. The maximum atomic E-state index is 12.6.